The van der Waals surface area contributed by atoms with Crippen molar-refractivity contribution in [1.82, 2.24) is 0 Å². The summed E-state index contributed by atoms with van der Waals surface area (Å²) >= 11 is 3.88. The van der Waals surface area contributed by atoms with E-state index in [2.05, 4.69) is 53.9 Å². The van der Waals surface area contributed by atoms with Crippen LogP contribution in [0, 0.1) is 5.92 Å². The molecule has 0 amide bonds. The molecule has 134 valence electrons. The van der Waals surface area contributed by atoms with E-state index in [0.717, 1.165) is 5.92 Å². The van der Waals surface area contributed by atoms with E-state index < -0.39 is 0 Å². The molecule has 2 heterocycles. The van der Waals surface area contributed by atoms with Crippen LogP contribution in [0.5, 0.6) is 0 Å². The average molecular weight is 387 g/mol. The van der Waals surface area contributed by atoms with Crippen LogP contribution in [0.4, 0.5) is 0 Å². The Bertz CT molecular complexity index is 1280. The molecule has 0 unspecified atom stereocenters. The van der Waals surface area contributed by atoms with Crippen molar-refractivity contribution in [2.45, 2.75) is 38.5 Å². The van der Waals surface area contributed by atoms with E-state index in [1.165, 1.54) is 80.2 Å². The molecule has 3 aromatic carbocycles. The molecule has 0 bridgehead atoms. The Balaban J connectivity index is 1.47. The first-order valence-electron chi connectivity index (χ1n) is 10.1. The molecule has 27 heavy (non-hydrogen) atoms. The zero-order chi connectivity index (χ0) is 17.8. The maximum Gasteiger partial charge on any atom is 0.0424 e. The molecule has 0 saturated heterocycles. The molecule has 0 spiro atoms. The molecule has 0 radical (unpaired) electrons. The fourth-order valence-corrected chi connectivity index (χ4v) is 7.02. The smallest absolute Gasteiger partial charge is 0.0424 e. The highest BCUT2D eigenvalue weighted by Crippen LogP contribution is 2.38. The number of thiophene rings is 2. The lowest BCUT2D eigenvalue weighted by Gasteiger charge is -2.06. The van der Waals surface area contributed by atoms with Crippen LogP contribution < -0.4 is 0 Å². The van der Waals surface area contributed by atoms with Crippen LogP contribution in [0.2, 0.25) is 0 Å². The van der Waals surface area contributed by atoms with Gasteiger partial charge in [-0.25, -0.2) is 0 Å². The Hall–Kier alpha value is -1.90. The first-order valence-corrected chi connectivity index (χ1v) is 11.8. The van der Waals surface area contributed by atoms with Crippen LogP contribution >= 0.6 is 22.7 Å². The highest BCUT2D eigenvalue weighted by atomic mass is 32.1. The van der Waals surface area contributed by atoms with E-state index in [1.54, 1.807) is 4.88 Å². The molecule has 0 nitrogen and oxygen atoms in total. The van der Waals surface area contributed by atoms with Gasteiger partial charge in [-0.05, 0) is 69.9 Å². The van der Waals surface area contributed by atoms with Crippen LogP contribution in [0.3, 0.4) is 0 Å². The van der Waals surface area contributed by atoms with Gasteiger partial charge in [0.15, 0.2) is 0 Å². The highest BCUT2D eigenvalue weighted by molar-refractivity contribution is 7.20. The monoisotopic (exact) mass is 386 g/mol. The van der Waals surface area contributed by atoms with Gasteiger partial charge in [-0.15, -0.1) is 22.7 Å². The molecule has 2 aromatic heterocycles. The third-order valence-electron chi connectivity index (χ3n) is 6.38. The minimum Gasteiger partial charge on any atom is -0.143 e. The van der Waals surface area contributed by atoms with Gasteiger partial charge in [0.2, 0.25) is 0 Å². The summed E-state index contributed by atoms with van der Waals surface area (Å²) in [6.07, 6.45) is 8.45. The van der Waals surface area contributed by atoms with Crippen LogP contribution in [0.15, 0.2) is 53.9 Å². The number of rotatable bonds is 3. The van der Waals surface area contributed by atoms with Crippen LogP contribution in [0.1, 0.15) is 37.0 Å². The molecule has 6 rings (SSSR count). The van der Waals surface area contributed by atoms with Crippen molar-refractivity contribution in [2.24, 2.45) is 5.92 Å². The molecule has 1 saturated carbocycles. The van der Waals surface area contributed by atoms with E-state index in [1.807, 2.05) is 22.7 Å². The maximum atomic E-state index is 2.45. The Morgan fingerprint density at radius 1 is 0.741 bits per heavy atom. The fourth-order valence-electron chi connectivity index (χ4n) is 4.89. The van der Waals surface area contributed by atoms with Crippen LogP contribution in [-0.2, 0) is 6.42 Å². The summed E-state index contributed by atoms with van der Waals surface area (Å²) in [4.78, 5) is 1.57. The molecular formula is C25H22S2. The highest BCUT2D eigenvalue weighted by Gasteiger charge is 2.15. The van der Waals surface area contributed by atoms with Crippen molar-refractivity contribution in [3.05, 3.63) is 58.8 Å². The molecule has 0 N–H and O–H groups in total. The first kappa shape index (κ1) is 16.1. The molecule has 2 heteroatoms. The number of aryl methyl sites for hydroxylation is 1. The Morgan fingerprint density at radius 2 is 1.44 bits per heavy atom. The fraction of sp³-hybridized carbons (Fsp3) is 0.280. The summed E-state index contributed by atoms with van der Waals surface area (Å²) < 4.78 is 2.89. The average Bonchev–Trinajstić information content (AvgIpc) is 3.44. The Labute approximate surface area is 167 Å². The lowest BCUT2D eigenvalue weighted by molar-refractivity contribution is 0.506. The van der Waals surface area contributed by atoms with E-state index in [0.29, 0.717) is 0 Å². The third kappa shape index (κ3) is 2.69. The van der Waals surface area contributed by atoms with Gasteiger partial charge < -0.3 is 0 Å². The summed E-state index contributed by atoms with van der Waals surface area (Å²) in [5.74, 6) is 0.976. The van der Waals surface area contributed by atoms with Gasteiger partial charge in [-0.1, -0.05) is 49.9 Å². The summed E-state index contributed by atoms with van der Waals surface area (Å²) in [5.41, 5.74) is 0. The van der Waals surface area contributed by atoms with Crippen LogP contribution in [-0.4, -0.2) is 0 Å². The van der Waals surface area contributed by atoms with Gasteiger partial charge in [0.1, 0.15) is 0 Å². The minimum absolute atomic E-state index is 0.976. The standard InChI is InChI=1S/C25H22S2/c1-2-4-16(3-1)5-10-21-13-20-9-8-19-14-22-18(15-23(19)25(20)27-21)7-6-17-11-12-26-24(17)22/h6-9,11-16H,1-5,10H2. The summed E-state index contributed by atoms with van der Waals surface area (Å²) in [6.45, 7) is 0. The second kappa shape index (κ2) is 6.32. The Kier molecular flexibility index (Phi) is 3.77. The summed E-state index contributed by atoms with van der Waals surface area (Å²) in [5, 5.41) is 10.5. The van der Waals surface area contributed by atoms with Crippen molar-refractivity contribution in [3.63, 3.8) is 0 Å². The lowest BCUT2D eigenvalue weighted by atomic mass is 10.0. The van der Waals surface area contributed by atoms with Crippen molar-refractivity contribution in [2.75, 3.05) is 0 Å². The topological polar surface area (TPSA) is 0 Å². The summed E-state index contributed by atoms with van der Waals surface area (Å²) in [7, 11) is 0. The van der Waals surface area contributed by atoms with Crippen LogP contribution in [0.25, 0.3) is 41.7 Å². The zero-order valence-electron chi connectivity index (χ0n) is 15.3. The van der Waals surface area contributed by atoms with Crippen molar-refractivity contribution in [1.29, 1.82) is 0 Å². The quantitative estimate of drug-likeness (QED) is 0.272. The van der Waals surface area contributed by atoms with E-state index >= 15 is 0 Å². The van der Waals surface area contributed by atoms with Crippen molar-refractivity contribution < 1.29 is 0 Å². The number of fused-ring (bicyclic) bond motifs is 6. The molecule has 0 atom stereocenters. The maximum absolute atomic E-state index is 2.45. The van der Waals surface area contributed by atoms with E-state index in [9.17, 15) is 0 Å². The van der Waals surface area contributed by atoms with Crippen molar-refractivity contribution >= 4 is 64.4 Å². The number of hydrogen-bond acceptors (Lipinski definition) is 2. The molecule has 0 aliphatic heterocycles. The molecular weight excluding hydrogens is 364 g/mol. The minimum atomic E-state index is 0.976. The van der Waals surface area contributed by atoms with E-state index in [-0.39, 0.29) is 0 Å². The van der Waals surface area contributed by atoms with Gasteiger partial charge in [-0.2, -0.15) is 0 Å². The predicted molar refractivity (Wildman–Crippen MR) is 122 cm³/mol. The van der Waals surface area contributed by atoms with Gasteiger partial charge in [0, 0.05) is 25.0 Å². The molecule has 1 aliphatic rings. The number of hydrogen-bond donors (Lipinski definition) is 0. The zero-order valence-corrected chi connectivity index (χ0v) is 17.0. The van der Waals surface area contributed by atoms with Crippen molar-refractivity contribution in [3.8, 4) is 0 Å². The Morgan fingerprint density at radius 3 is 2.26 bits per heavy atom. The van der Waals surface area contributed by atoms with Gasteiger partial charge in [0.25, 0.3) is 0 Å². The third-order valence-corrected chi connectivity index (χ3v) is 8.58. The predicted octanol–water partition coefficient (Wildman–Crippen LogP) is 8.55. The largest absolute Gasteiger partial charge is 0.143 e. The SMILES string of the molecule is c1cc2ccc3cc4c(ccc5cc(CCC6CCCC6)sc54)cc3c2s1. The van der Waals surface area contributed by atoms with Gasteiger partial charge in [0.05, 0.1) is 0 Å². The summed E-state index contributed by atoms with van der Waals surface area (Å²) in [6, 6.07) is 18.7. The second-order valence-corrected chi connectivity index (χ2v) is 10.1. The molecule has 1 aliphatic carbocycles. The second-order valence-electron chi connectivity index (χ2n) is 8.08. The molecule has 5 aromatic rings. The normalized spacial score (nSPS) is 15.7. The molecule has 1 fully saturated rings. The van der Waals surface area contributed by atoms with Gasteiger partial charge >= 0.3 is 0 Å². The van der Waals surface area contributed by atoms with Gasteiger partial charge in [-0.3, -0.25) is 0 Å². The number of benzene rings is 3. The van der Waals surface area contributed by atoms with E-state index in [4.69, 9.17) is 0 Å². The lowest BCUT2D eigenvalue weighted by Crippen LogP contribution is -1.94. The first-order chi connectivity index (χ1) is 13.3.